The Labute approximate surface area is 115 Å². The zero-order valence-electron chi connectivity index (χ0n) is 12.0. The molecule has 0 spiro atoms. The van der Waals surface area contributed by atoms with Crippen LogP contribution in [0.15, 0.2) is 24.3 Å². The second-order valence-electron chi connectivity index (χ2n) is 4.91. The first kappa shape index (κ1) is 15.7. The minimum atomic E-state index is -0.199. The van der Waals surface area contributed by atoms with Crippen LogP contribution in [-0.2, 0) is 9.53 Å². The van der Waals surface area contributed by atoms with Gasteiger partial charge in [-0.25, -0.2) is 0 Å². The molecule has 4 nitrogen and oxygen atoms in total. The van der Waals surface area contributed by atoms with Crippen molar-refractivity contribution in [1.82, 2.24) is 5.32 Å². The molecular weight excluding hydrogens is 240 g/mol. The number of nitrogens with one attached hydrogen (secondary N) is 1. The number of aryl methyl sites for hydroxylation is 1. The van der Waals surface area contributed by atoms with E-state index in [0.717, 1.165) is 0 Å². The number of amides is 1. The number of methoxy groups -OCH3 is 1. The molecule has 19 heavy (non-hydrogen) atoms. The average Bonchev–Trinajstić information content (AvgIpc) is 2.43. The van der Waals surface area contributed by atoms with Crippen LogP contribution < -0.4 is 11.1 Å². The Morgan fingerprint density at radius 2 is 2.00 bits per heavy atom. The Hall–Kier alpha value is -1.39. The van der Waals surface area contributed by atoms with Crippen molar-refractivity contribution in [2.45, 2.75) is 32.3 Å². The molecule has 1 rings (SSSR count). The van der Waals surface area contributed by atoms with Crippen molar-refractivity contribution >= 4 is 5.91 Å². The number of rotatable bonds is 7. The molecular formula is C15H24N2O2. The van der Waals surface area contributed by atoms with Gasteiger partial charge < -0.3 is 15.8 Å². The van der Waals surface area contributed by atoms with Gasteiger partial charge in [0.25, 0.3) is 0 Å². The Morgan fingerprint density at radius 1 is 1.37 bits per heavy atom. The fourth-order valence-corrected chi connectivity index (χ4v) is 1.82. The highest BCUT2D eigenvalue weighted by Gasteiger charge is 2.12. The first-order valence-electron chi connectivity index (χ1n) is 6.63. The van der Waals surface area contributed by atoms with E-state index in [1.807, 2.05) is 0 Å². The van der Waals surface area contributed by atoms with Crippen molar-refractivity contribution in [2.24, 2.45) is 5.73 Å². The zero-order chi connectivity index (χ0) is 14.3. The van der Waals surface area contributed by atoms with E-state index in [4.69, 9.17) is 10.5 Å². The monoisotopic (exact) mass is 264 g/mol. The Morgan fingerprint density at radius 3 is 2.53 bits per heavy atom. The average molecular weight is 264 g/mol. The van der Waals surface area contributed by atoms with E-state index in [1.54, 1.807) is 7.11 Å². The highest BCUT2D eigenvalue weighted by molar-refractivity contribution is 5.76. The first-order chi connectivity index (χ1) is 9.06. The molecule has 1 aromatic carbocycles. The molecule has 1 aromatic rings. The number of benzene rings is 1. The van der Waals surface area contributed by atoms with Gasteiger partial charge >= 0.3 is 0 Å². The molecule has 0 saturated carbocycles. The number of nitrogens with two attached hydrogens (primary N) is 1. The van der Waals surface area contributed by atoms with Gasteiger partial charge in [-0.15, -0.1) is 0 Å². The van der Waals surface area contributed by atoms with E-state index in [1.165, 1.54) is 11.1 Å². The normalized spacial score (nSPS) is 13.9. The third kappa shape index (κ3) is 5.41. The molecule has 0 aliphatic heterocycles. The maximum absolute atomic E-state index is 11.7. The van der Waals surface area contributed by atoms with Crippen molar-refractivity contribution in [3.05, 3.63) is 35.4 Å². The Kier molecular flexibility index (Phi) is 6.53. The Bertz CT molecular complexity index is 386. The van der Waals surface area contributed by atoms with Crippen LogP contribution >= 0.6 is 0 Å². The third-order valence-electron chi connectivity index (χ3n) is 3.26. The smallest absolute Gasteiger partial charge is 0.222 e. The minimum absolute atomic E-state index is 0.0174. The topological polar surface area (TPSA) is 64.3 Å². The molecule has 4 heteroatoms. The largest absolute Gasteiger partial charge is 0.380 e. The lowest BCUT2D eigenvalue weighted by atomic mass is 10.00. The third-order valence-corrected chi connectivity index (χ3v) is 3.26. The van der Waals surface area contributed by atoms with Crippen LogP contribution in [0, 0.1) is 6.92 Å². The molecule has 0 aromatic heterocycles. The van der Waals surface area contributed by atoms with Gasteiger partial charge in [0.2, 0.25) is 5.91 Å². The summed E-state index contributed by atoms with van der Waals surface area (Å²) in [6, 6.07) is 8.38. The van der Waals surface area contributed by atoms with Crippen LogP contribution in [0.25, 0.3) is 0 Å². The summed E-state index contributed by atoms with van der Waals surface area (Å²) in [5.41, 5.74) is 7.96. The van der Waals surface area contributed by atoms with Gasteiger partial charge in [0.05, 0.1) is 12.5 Å². The van der Waals surface area contributed by atoms with Gasteiger partial charge in [-0.05, 0) is 18.4 Å². The van der Waals surface area contributed by atoms with Gasteiger partial charge in [0, 0.05) is 20.2 Å². The quantitative estimate of drug-likeness (QED) is 0.786. The van der Waals surface area contributed by atoms with Gasteiger partial charge in [-0.1, -0.05) is 36.8 Å². The highest BCUT2D eigenvalue weighted by Crippen LogP contribution is 2.14. The number of hydrogen-bond acceptors (Lipinski definition) is 3. The summed E-state index contributed by atoms with van der Waals surface area (Å²) < 4.78 is 5.09. The standard InChI is InChI=1S/C15H24N2O2/c1-11-4-6-13(7-5-11)12(2)10-17-15(18)8-14(9-16)19-3/h4-7,12,14H,8-10,16H2,1-3H3,(H,17,18). The second-order valence-corrected chi connectivity index (χ2v) is 4.91. The maximum atomic E-state index is 11.7. The molecule has 0 heterocycles. The summed E-state index contributed by atoms with van der Waals surface area (Å²) in [7, 11) is 1.57. The SMILES string of the molecule is COC(CN)CC(=O)NCC(C)c1ccc(C)cc1. The molecule has 106 valence electrons. The zero-order valence-corrected chi connectivity index (χ0v) is 12.0. The summed E-state index contributed by atoms with van der Waals surface area (Å²) in [5, 5.41) is 2.92. The van der Waals surface area contributed by atoms with E-state index >= 15 is 0 Å². The van der Waals surface area contributed by atoms with E-state index in [9.17, 15) is 4.79 Å². The fraction of sp³-hybridized carbons (Fsp3) is 0.533. The molecule has 0 bridgehead atoms. The number of carbonyl (C=O) groups is 1. The maximum Gasteiger partial charge on any atom is 0.222 e. The summed E-state index contributed by atoms with van der Waals surface area (Å²) in [6.45, 7) is 5.15. The van der Waals surface area contributed by atoms with E-state index < -0.39 is 0 Å². The predicted molar refractivity (Wildman–Crippen MR) is 77.1 cm³/mol. The number of hydrogen-bond donors (Lipinski definition) is 2. The van der Waals surface area contributed by atoms with E-state index in [-0.39, 0.29) is 12.0 Å². The van der Waals surface area contributed by atoms with Gasteiger partial charge in [0.1, 0.15) is 0 Å². The summed E-state index contributed by atoms with van der Waals surface area (Å²) in [4.78, 5) is 11.7. The van der Waals surface area contributed by atoms with Crippen molar-refractivity contribution in [2.75, 3.05) is 20.2 Å². The van der Waals surface area contributed by atoms with Crippen molar-refractivity contribution < 1.29 is 9.53 Å². The van der Waals surface area contributed by atoms with Gasteiger partial charge in [-0.2, -0.15) is 0 Å². The van der Waals surface area contributed by atoms with Crippen LogP contribution in [0.2, 0.25) is 0 Å². The lowest BCUT2D eigenvalue weighted by molar-refractivity contribution is -0.123. The van der Waals surface area contributed by atoms with Crippen LogP contribution in [0.1, 0.15) is 30.4 Å². The molecule has 2 atom stereocenters. The van der Waals surface area contributed by atoms with Crippen LogP contribution in [-0.4, -0.2) is 32.2 Å². The summed E-state index contributed by atoms with van der Waals surface area (Å²) >= 11 is 0. The number of carbonyl (C=O) groups excluding carboxylic acids is 1. The van der Waals surface area contributed by atoms with Crippen LogP contribution in [0.4, 0.5) is 0 Å². The molecule has 2 unspecified atom stereocenters. The van der Waals surface area contributed by atoms with Crippen LogP contribution in [0.3, 0.4) is 0 Å². The molecule has 0 aliphatic rings. The van der Waals surface area contributed by atoms with Crippen molar-refractivity contribution in [3.63, 3.8) is 0 Å². The Balaban J connectivity index is 2.39. The summed E-state index contributed by atoms with van der Waals surface area (Å²) in [5.74, 6) is 0.277. The lowest BCUT2D eigenvalue weighted by Crippen LogP contribution is -2.33. The second kappa shape index (κ2) is 7.92. The molecule has 3 N–H and O–H groups in total. The molecule has 0 fully saturated rings. The van der Waals surface area contributed by atoms with E-state index in [2.05, 4.69) is 43.4 Å². The molecule has 0 aliphatic carbocycles. The first-order valence-corrected chi connectivity index (χ1v) is 6.63. The highest BCUT2D eigenvalue weighted by atomic mass is 16.5. The molecule has 0 radical (unpaired) electrons. The van der Waals surface area contributed by atoms with E-state index in [0.29, 0.717) is 25.4 Å². The fourth-order valence-electron chi connectivity index (χ4n) is 1.82. The van der Waals surface area contributed by atoms with Gasteiger partial charge in [-0.3, -0.25) is 4.79 Å². The summed E-state index contributed by atoms with van der Waals surface area (Å²) in [6.07, 6.45) is 0.114. The minimum Gasteiger partial charge on any atom is -0.380 e. The van der Waals surface area contributed by atoms with Crippen LogP contribution in [0.5, 0.6) is 0 Å². The molecule has 1 amide bonds. The predicted octanol–water partition coefficient (Wildman–Crippen LogP) is 1.58. The van der Waals surface area contributed by atoms with Gasteiger partial charge in [0.15, 0.2) is 0 Å². The number of ether oxygens (including phenoxy) is 1. The van der Waals surface area contributed by atoms with Crippen molar-refractivity contribution in [1.29, 1.82) is 0 Å². The van der Waals surface area contributed by atoms with Crippen molar-refractivity contribution in [3.8, 4) is 0 Å². The molecule has 0 saturated heterocycles. The lowest BCUT2D eigenvalue weighted by Gasteiger charge is -2.16.